The number of thiazole rings is 1. The highest BCUT2D eigenvalue weighted by Crippen LogP contribution is 2.25. The van der Waals surface area contributed by atoms with Gasteiger partial charge in [0, 0.05) is 28.7 Å². The molecule has 0 saturated heterocycles. The van der Waals surface area contributed by atoms with E-state index in [9.17, 15) is 9.59 Å². The van der Waals surface area contributed by atoms with Gasteiger partial charge in [-0.05, 0) is 19.4 Å². The van der Waals surface area contributed by atoms with Crippen molar-refractivity contribution in [2.75, 3.05) is 0 Å². The first-order chi connectivity index (χ1) is 14.0. The predicted molar refractivity (Wildman–Crippen MR) is 117 cm³/mol. The first kappa shape index (κ1) is 19.5. The molecule has 4 rings (SSSR count). The molecular formula is C21H20N4O2S2. The summed E-state index contributed by atoms with van der Waals surface area (Å²) in [5, 5.41) is 6.39. The number of aryl methyl sites for hydroxylation is 3. The second-order valence-corrected chi connectivity index (χ2v) is 8.89. The molecule has 1 aromatic carbocycles. The molecule has 2 N–H and O–H groups in total. The maximum atomic E-state index is 12.3. The zero-order valence-corrected chi connectivity index (χ0v) is 17.7. The number of carbonyl (C=O) groups is 1. The number of nitrogens with one attached hydrogen (secondary N) is 2. The average Bonchev–Trinajstić information content (AvgIpc) is 3.30. The lowest BCUT2D eigenvalue weighted by molar-refractivity contribution is -0.121. The molecule has 0 radical (unpaired) electrons. The summed E-state index contributed by atoms with van der Waals surface area (Å²) in [5.41, 5.74) is 2.81. The van der Waals surface area contributed by atoms with Crippen molar-refractivity contribution in [2.45, 2.75) is 33.2 Å². The van der Waals surface area contributed by atoms with Crippen molar-refractivity contribution in [2.24, 2.45) is 0 Å². The van der Waals surface area contributed by atoms with Gasteiger partial charge in [-0.15, -0.1) is 22.7 Å². The smallest absolute Gasteiger partial charge is 0.259 e. The summed E-state index contributed by atoms with van der Waals surface area (Å²) in [4.78, 5) is 38.2. The molecule has 0 aliphatic carbocycles. The van der Waals surface area contributed by atoms with Gasteiger partial charge in [-0.25, -0.2) is 9.97 Å². The maximum Gasteiger partial charge on any atom is 0.259 e. The van der Waals surface area contributed by atoms with E-state index in [1.807, 2.05) is 49.6 Å². The molecule has 0 saturated carbocycles. The van der Waals surface area contributed by atoms with Crippen LogP contribution in [-0.2, 0) is 17.8 Å². The zero-order chi connectivity index (χ0) is 20.4. The lowest BCUT2D eigenvalue weighted by atomic mass is 10.2. The number of rotatable bonds is 6. The molecule has 0 fully saturated rings. The van der Waals surface area contributed by atoms with Crippen molar-refractivity contribution in [1.82, 2.24) is 20.3 Å². The van der Waals surface area contributed by atoms with E-state index >= 15 is 0 Å². The SMILES string of the molecule is Cc1sc2nc(CCC(=O)NCc3nc(-c4ccccc4)cs3)[nH]c(=O)c2c1C. The number of benzene rings is 1. The Hall–Kier alpha value is -2.84. The van der Waals surface area contributed by atoms with E-state index in [0.29, 0.717) is 24.2 Å². The molecule has 3 heterocycles. The summed E-state index contributed by atoms with van der Waals surface area (Å²) in [6.45, 7) is 4.30. The normalized spacial score (nSPS) is 11.1. The molecule has 4 aromatic rings. The van der Waals surface area contributed by atoms with E-state index in [2.05, 4.69) is 20.3 Å². The number of H-pyrrole nitrogens is 1. The van der Waals surface area contributed by atoms with Crippen molar-refractivity contribution in [3.05, 3.63) is 67.3 Å². The van der Waals surface area contributed by atoms with Gasteiger partial charge in [0.15, 0.2) is 0 Å². The Bertz CT molecular complexity index is 1220. The van der Waals surface area contributed by atoms with Crippen molar-refractivity contribution >= 4 is 38.8 Å². The van der Waals surface area contributed by atoms with Gasteiger partial charge >= 0.3 is 0 Å². The number of nitrogens with zero attached hydrogens (tertiary/aromatic N) is 2. The number of amides is 1. The third-order valence-electron chi connectivity index (χ3n) is 4.74. The average molecular weight is 425 g/mol. The Labute approximate surface area is 175 Å². The van der Waals surface area contributed by atoms with E-state index < -0.39 is 0 Å². The van der Waals surface area contributed by atoms with E-state index in [-0.39, 0.29) is 17.9 Å². The third-order valence-corrected chi connectivity index (χ3v) is 6.69. The predicted octanol–water partition coefficient (Wildman–Crippen LogP) is 3.97. The molecule has 3 aromatic heterocycles. The fourth-order valence-corrected chi connectivity index (χ4v) is 4.84. The Morgan fingerprint density at radius 1 is 1.17 bits per heavy atom. The van der Waals surface area contributed by atoms with Crippen molar-refractivity contribution < 1.29 is 4.79 Å². The summed E-state index contributed by atoms with van der Waals surface area (Å²) in [6, 6.07) is 9.95. The Kier molecular flexibility index (Phi) is 5.55. The second-order valence-electron chi connectivity index (χ2n) is 6.75. The summed E-state index contributed by atoms with van der Waals surface area (Å²) in [6.07, 6.45) is 0.648. The molecular weight excluding hydrogens is 404 g/mol. The van der Waals surface area contributed by atoms with Gasteiger partial charge < -0.3 is 10.3 Å². The quantitative estimate of drug-likeness (QED) is 0.490. The second kappa shape index (κ2) is 8.26. The lowest BCUT2D eigenvalue weighted by Gasteiger charge is -2.03. The number of thiophene rings is 1. The summed E-state index contributed by atoms with van der Waals surface area (Å²) in [5.74, 6) is 0.447. The van der Waals surface area contributed by atoms with E-state index in [1.165, 1.54) is 22.7 Å². The van der Waals surface area contributed by atoms with E-state index in [1.54, 1.807) is 0 Å². The summed E-state index contributed by atoms with van der Waals surface area (Å²) in [7, 11) is 0. The first-order valence-corrected chi connectivity index (χ1v) is 11.0. The van der Waals surface area contributed by atoms with Crippen LogP contribution in [0.1, 0.15) is 27.7 Å². The fraction of sp³-hybridized carbons (Fsp3) is 0.238. The Balaban J connectivity index is 1.34. The highest BCUT2D eigenvalue weighted by atomic mass is 32.1. The Morgan fingerprint density at radius 3 is 2.76 bits per heavy atom. The van der Waals surface area contributed by atoms with Crippen molar-refractivity contribution in [3.8, 4) is 11.3 Å². The third kappa shape index (κ3) is 4.28. The van der Waals surface area contributed by atoms with Gasteiger partial charge in [0.25, 0.3) is 5.56 Å². The topological polar surface area (TPSA) is 87.7 Å². The van der Waals surface area contributed by atoms with Crippen LogP contribution < -0.4 is 10.9 Å². The summed E-state index contributed by atoms with van der Waals surface area (Å²) < 4.78 is 0. The van der Waals surface area contributed by atoms with Gasteiger partial charge in [-0.1, -0.05) is 30.3 Å². The van der Waals surface area contributed by atoms with Crippen LogP contribution in [0.2, 0.25) is 0 Å². The van der Waals surface area contributed by atoms with Crippen LogP contribution >= 0.6 is 22.7 Å². The van der Waals surface area contributed by atoms with E-state index in [4.69, 9.17) is 0 Å². The molecule has 0 spiro atoms. The Morgan fingerprint density at radius 2 is 1.97 bits per heavy atom. The molecule has 0 atom stereocenters. The monoisotopic (exact) mass is 424 g/mol. The molecule has 0 bridgehead atoms. The van der Waals surface area contributed by atoms with Crippen LogP contribution in [0.4, 0.5) is 0 Å². The fourth-order valence-electron chi connectivity index (χ4n) is 3.05. The number of aromatic amines is 1. The zero-order valence-electron chi connectivity index (χ0n) is 16.1. The highest BCUT2D eigenvalue weighted by Gasteiger charge is 2.13. The van der Waals surface area contributed by atoms with Crippen molar-refractivity contribution in [3.63, 3.8) is 0 Å². The van der Waals surface area contributed by atoms with Gasteiger partial charge in [0.1, 0.15) is 15.7 Å². The maximum absolute atomic E-state index is 12.3. The van der Waals surface area contributed by atoms with Crippen LogP contribution in [0, 0.1) is 13.8 Å². The molecule has 29 heavy (non-hydrogen) atoms. The van der Waals surface area contributed by atoms with Gasteiger partial charge in [0.05, 0.1) is 17.6 Å². The standard InChI is InChI=1S/C21H20N4O2S2/c1-12-13(2)29-21-19(12)20(27)24-16(25-21)8-9-17(26)22-10-18-23-15(11-28-18)14-6-4-3-5-7-14/h3-7,11H,8-10H2,1-2H3,(H,22,26)(H,24,25,27). The molecule has 6 nitrogen and oxygen atoms in total. The summed E-state index contributed by atoms with van der Waals surface area (Å²) >= 11 is 3.03. The van der Waals surface area contributed by atoms with Crippen LogP contribution in [0.5, 0.6) is 0 Å². The van der Waals surface area contributed by atoms with Gasteiger partial charge in [-0.3, -0.25) is 9.59 Å². The van der Waals surface area contributed by atoms with Gasteiger partial charge in [-0.2, -0.15) is 0 Å². The largest absolute Gasteiger partial charge is 0.350 e. The van der Waals surface area contributed by atoms with Crippen LogP contribution in [0.3, 0.4) is 0 Å². The number of hydrogen-bond donors (Lipinski definition) is 2. The van der Waals surface area contributed by atoms with Gasteiger partial charge in [0.2, 0.25) is 5.91 Å². The minimum atomic E-state index is -0.136. The first-order valence-electron chi connectivity index (χ1n) is 9.26. The van der Waals surface area contributed by atoms with Crippen LogP contribution in [0.25, 0.3) is 21.5 Å². The minimum Gasteiger partial charge on any atom is -0.350 e. The minimum absolute atomic E-state index is 0.0947. The number of aromatic nitrogens is 3. The lowest BCUT2D eigenvalue weighted by Crippen LogP contribution is -2.23. The molecule has 0 aliphatic rings. The molecule has 8 heteroatoms. The molecule has 0 aliphatic heterocycles. The van der Waals surface area contributed by atoms with Crippen molar-refractivity contribution in [1.29, 1.82) is 0 Å². The molecule has 1 amide bonds. The van der Waals surface area contributed by atoms with Crippen LogP contribution in [0.15, 0.2) is 40.5 Å². The number of hydrogen-bond acceptors (Lipinski definition) is 6. The van der Waals surface area contributed by atoms with E-state index in [0.717, 1.165) is 31.5 Å². The number of carbonyl (C=O) groups excluding carboxylic acids is 1. The van der Waals surface area contributed by atoms with Crippen LogP contribution in [-0.4, -0.2) is 20.9 Å². The highest BCUT2D eigenvalue weighted by molar-refractivity contribution is 7.18. The molecule has 148 valence electrons. The molecule has 0 unspecified atom stereocenters. The number of fused-ring (bicyclic) bond motifs is 1.